The van der Waals surface area contributed by atoms with Gasteiger partial charge in [-0.25, -0.2) is 0 Å². The van der Waals surface area contributed by atoms with Crippen molar-refractivity contribution in [1.82, 2.24) is 10.2 Å². The average molecular weight is 393 g/mol. The second-order valence-electron chi connectivity index (χ2n) is 8.28. The van der Waals surface area contributed by atoms with Crippen LogP contribution < -0.4 is 5.32 Å². The third-order valence-corrected chi connectivity index (χ3v) is 5.91. The van der Waals surface area contributed by atoms with Crippen LogP contribution in [0.3, 0.4) is 0 Å². The number of carbonyl (C=O) groups is 2. The molecule has 1 fully saturated rings. The second kappa shape index (κ2) is 9.73. The number of hydrogen-bond donors (Lipinski definition) is 1. The molecule has 0 spiro atoms. The number of aryl methyl sites for hydroxylation is 2. The van der Waals surface area contributed by atoms with Gasteiger partial charge < -0.3 is 10.2 Å². The first-order valence-corrected chi connectivity index (χ1v) is 10.6. The molecular formula is C25H32N2O2. The van der Waals surface area contributed by atoms with Crippen LogP contribution in [0.5, 0.6) is 0 Å². The van der Waals surface area contributed by atoms with Gasteiger partial charge in [0.15, 0.2) is 0 Å². The quantitative estimate of drug-likeness (QED) is 0.763. The minimum Gasteiger partial charge on any atom is -0.352 e. The number of carbonyl (C=O) groups excluding carboxylic acids is 2. The Morgan fingerprint density at radius 1 is 1.07 bits per heavy atom. The highest BCUT2D eigenvalue weighted by molar-refractivity contribution is 5.88. The van der Waals surface area contributed by atoms with Crippen molar-refractivity contribution in [2.24, 2.45) is 0 Å². The maximum atomic E-state index is 13.3. The third kappa shape index (κ3) is 5.69. The van der Waals surface area contributed by atoms with E-state index < -0.39 is 6.04 Å². The van der Waals surface area contributed by atoms with Gasteiger partial charge in [0, 0.05) is 12.6 Å². The number of nitrogens with one attached hydrogen (secondary N) is 1. The molecule has 0 saturated heterocycles. The predicted molar refractivity (Wildman–Crippen MR) is 116 cm³/mol. The van der Waals surface area contributed by atoms with Gasteiger partial charge in [-0.05, 0) is 50.3 Å². The van der Waals surface area contributed by atoms with Crippen LogP contribution >= 0.6 is 0 Å². The lowest BCUT2D eigenvalue weighted by Crippen LogP contribution is -2.50. The summed E-state index contributed by atoms with van der Waals surface area (Å²) in [5.74, 6) is -0.0731. The van der Waals surface area contributed by atoms with Gasteiger partial charge in [0.2, 0.25) is 11.8 Å². The summed E-state index contributed by atoms with van der Waals surface area (Å²) in [5.41, 5.74) is 4.32. The Hall–Kier alpha value is -2.62. The fourth-order valence-corrected chi connectivity index (χ4v) is 4.04. The van der Waals surface area contributed by atoms with Crippen molar-refractivity contribution < 1.29 is 9.59 Å². The van der Waals surface area contributed by atoms with Gasteiger partial charge in [0.05, 0.1) is 6.42 Å². The van der Waals surface area contributed by atoms with E-state index in [0.29, 0.717) is 13.0 Å². The monoisotopic (exact) mass is 392 g/mol. The number of nitrogens with zero attached hydrogens (tertiary/aromatic N) is 1. The van der Waals surface area contributed by atoms with Crippen molar-refractivity contribution in [3.05, 3.63) is 70.8 Å². The first kappa shape index (κ1) is 21.1. The Labute approximate surface area is 174 Å². The van der Waals surface area contributed by atoms with Crippen molar-refractivity contribution >= 4 is 11.8 Å². The Bertz CT molecular complexity index is 855. The molecule has 2 aromatic carbocycles. The maximum Gasteiger partial charge on any atom is 0.242 e. The van der Waals surface area contributed by atoms with E-state index in [1.807, 2.05) is 69.3 Å². The summed E-state index contributed by atoms with van der Waals surface area (Å²) in [6, 6.07) is 15.8. The zero-order chi connectivity index (χ0) is 20.8. The molecule has 0 unspecified atom stereocenters. The average Bonchev–Trinajstić information content (AvgIpc) is 3.19. The Morgan fingerprint density at radius 2 is 1.79 bits per heavy atom. The molecule has 3 rings (SSSR count). The molecule has 0 aliphatic heterocycles. The smallest absolute Gasteiger partial charge is 0.242 e. The lowest BCUT2D eigenvalue weighted by molar-refractivity contribution is -0.140. The van der Waals surface area contributed by atoms with Gasteiger partial charge in [-0.2, -0.15) is 0 Å². The van der Waals surface area contributed by atoms with E-state index in [1.54, 1.807) is 4.90 Å². The molecular weight excluding hydrogens is 360 g/mol. The second-order valence-corrected chi connectivity index (χ2v) is 8.28. The standard InChI is InChI=1S/C25H32N2O2/c1-18-9-8-11-21(15-18)16-24(28)27(17-22-12-5-4-10-19(22)2)20(3)25(29)26-23-13-6-7-14-23/h4-5,8-12,15,20,23H,6-7,13-14,16-17H2,1-3H3,(H,26,29)/t20-/m0/s1. The highest BCUT2D eigenvalue weighted by Crippen LogP contribution is 2.19. The summed E-state index contributed by atoms with van der Waals surface area (Å²) < 4.78 is 0. The highest BCUT2D eigenvalue weighted by Gasteiger charge is 2.28. The van der Waals surface area contributed by atoms with Crippen LogP contribution in [0.1, 0.15) is 54.9 Å². The van der Waals surface area contributed by atoms with E-state index in [9.17, 15) is 9.59 Å². The fraction of sp³-hybridized carbons (Fsp3) is 0.440. The van der Waals surface area contributed by atoms with Gasteiger partial charge in [-0.1, -0.05) is 66.9 Å². The van der Waals surface area contributed by atoms with E-state index in [-0.39, 0.29) is 17.9 Å². The lowest BCUT2D eigenvalue weighted by Gasteiger charge is -2.30. The van der Waals surface area contributed by atoms with Crippen LogP contribution in [0, 0.1) is 13.8 Å². The minimum atomic E-state index is -0.507. The fourth-order valence-electron chi connectivity index (χ4n) is 4.04. The summed E-state index contributed by atoms with van der Waals surface area (Å²) >= 11 is 0. The Morgan fingerprint density at radius 3 is 2.48 bits per heavy atom. The first-order chi connectivity index (χ1) is 13.9. The van der Waals surface area contributed by atoms with Gasteiger partial charge in [0.1, 0.15) is 6.04 Å². The van der Waals surface area contributed by atoms with Gasteiger partial charge in [-0.15, -0.1) is 0 Å². The molecule has 2 amide bonds. The number of rotatable bonds is 7. The molecule has 1 aliphatic rings. The topological polar surface area (TPSA) is 49.4 Å². The van der Waals surface area contributed by atoms with Crippen LogP contribution in [-0.4, -0.2) is 28.8 Å². The van der Waals surface area contributed by atoms with Gasteiger partial charge in [-0.3, -0.25) is 9.59 Å². The molecule has 0 heterocycles. The van der Waals surface area contributed by atoms with Crippen LogP contribution in [0.4, 0.5) is 0 Å². The minimum absolute atomic E-state index is 0.0204. The van der Waals surface area contributed by atoms with Crippen LogP contribution in [0.15, 0.2) is 48.5 Å². The van der Waals surface area contributed by atoms with Crippen molar-refractivity contribution in [3.63, 3.8) is 0 Å². The first-order valence-electron chi connectivity index (χ1n) is 10.6. The third-order valence-electron chi connectivity index (χ3n) is 5.91. The lowest BCUT2D eigenvalue weighted by atomic mass is 10.0. The molecule has 29 heavy (non-hydrogen) atoms. The summed E-state index contributed by atoms with van der Waals surface area (Å²) in [4.78, 5) is 27.9. The summed E-state index contributed by atoms with van der Waals surface area (Å²) in [6.45, 7) is 6.35. The highest BCUT2D eigenvalue weighted by atomic mass is 16.2. The molecule has 0 radical (unpaired) electrons. The maximum absolute atomic E-state index is 13.3. The largest absolute Gasteiger partial charge is 0.352 e. The van der Waals surface area contributed by atoms with Crippen LogP contribution in [-0.2, 0) is 22.6 Å². The Balaban J connectivity index is 1.78. The molecule has 4 heteroatoms. The van der Waals surface area contributed by atoms with Gasteiger partial charge in [0.25, 0.3) is 0 Å². The molecule has 2 aromatic rings. The van der Waals surface area contributed by atoms with E-state index >= 15 is 0 Å². The molecule has 154 valence electrons. The predicted octanol–water partition coefficient (Wildman–Crippen LogP) is 4.32. The van der Waals surface area contributed by atoms with Crippen molar-refractivity contribution in [2.75, 3.05) is 0 Å². The van der Waals surface area contributed by atoms with Crippen molar-refractivity contribution in [1.29, 1.82) is 0 Å². The van der Waals surface area contributed by atoms with E-state index in [2.05, 4.69) is 5.32 Å². The molecule has 1 N–H and O–H groups in total. The normalized spacial score (nSPS) is 15.1. The molecule has 0 aromatic heterocycles. The van der Waals surface area contributed by atoms with Crippen molar-refractivity contribution in [3.8, 4) is 0 Å². The Kier molecular flexibility index (Phi) is 7.08. The van der Waals surface area contributed by atoms with Gasteiger partial charge >= 0.3 is 0 Å². The number of hydrogen-bond acceptors (Lipinski definition) is 2. The summed E-state index contributed by atoms with van der Waals surface area (Å²) in [6.07, 6.45) is 4.70. The molecule has 4 nitrogen and oxygen atoms in total. The zero-order valence-corrected chi connectivity index (χ0v) is 17.8. The molecule has 1 saturated carbocycles. The molecule has 0 bridgehead atoms. The van der Waals surface area contributed by atoms with E-state index in [4.69, 9.17) is 0 Å². The number of amides is 2. The van der Waals surface area contributed by atoms with Crippen LogP contribution in [0.2, 0.25) is 0 Å². The van der Waals surface area contributed by atoms with E-state index in [1.165, 1.54) is 12.8 Å². The molecule has 1 aliphatic carbocycles. The van der Waals surface area contributed by atoms with Crippen molar-refractivity contribution in [2.45, 2.75) is 71.5 Å². The molecule has 1 atom stereocenters. The number of benzene rings is 2. The summed E-state index contributed by atoms with van der Waals surface area (Å²) in [7, 11) is 0. The van der Waals surface area contributed by atoms with E-state index in [0.717, 1.165) is 35.1 Å². The summed E-state index contributed by atoms with van der Waals surface area (Å²) in [5, 5.41) is 3.15. The van der Waals surface area contributed by atoms with Crippen LogP contribution in [0.25, 0.3) is 0 Å². The SMILES string of the molecule is Cc1cccc(CC(=O)N(Cc2ccccc2C)[C@@H](C)C(=O)NC2CCCC2)c1. The zero-order valence-electron chi connectivity index (χ0n) is 17.8.